The maximum atomic E-state index is 13.1. The maximum Gasteiger partial charge on any atom is 0.407 e. The van der Waals surface area contributed by atoms with Gasteiger partial charge in [0.05, 0.1) is 19.2 Å². The molecule has 2 aromatic heterocycles. The van der Waals surface area contributed by atoms with Gasteiger partial charge in [-0.3, -0.25) is 9.59 Å². The van der Waals surface area contributed by atoms with Crippen LogP contribution in [-0.2, 0) is 11.3 Å². The Hall–Kier alpha value is -8.11. The second-order valence-corrected chi connectivity index (χ2v) is 12.9. The van der Waals surface area contributed by atoms with E-state index in [-0.39, 0.29) is 54.4 Å². The summed E-state index contributed by atoms with van der Waals surface area (Å²) in [5, 5.41) is 13.7. The molecule has 0 fully saturated rings. The Morgan fingerprint density at radius 2 is 1.19 bits per heavy atom. The van der Waals surface area contributed by atoms with Crippen molar-refractivity contribution in [2.75, 3.05) is 34.4 Å². The van der Waals surface area contributed by atoms with Crippen molar-refractivity contribution in [3.63, 3.8) is 0 Å². The van der Waals surface area contributed by atoms with E-state index >= 15 is 0 Å². The number of aromatic nitrogens is 4. The fourth-order valence-electron chi connectivity index (χ4n) is 5.15. The van der Waals surface area contributed by atoms with Crippen LogP contribution in [0.5, 0.6) is 0 Å². The third-order valence-corrected chi connectivity index (χ3v) is 8.09. The van der Waals surface area contributed by atoms with Gasteiger partial charge in [0.15, 0.2) is 11.4 Å². The highest BCUT2D eigenvalue weighted by molar-refractivity contribution is 5.98. The first kappa shape index (κ1) is 46.6. The van der Waals surface area contributed by atoms with Crippen molar-refractivity contribution in [2.24, 2.45) is 17.2 Å². The van der Waals surface area contributed by atoms with Crippen LogP contribution in [0.25, 0.3) is 9.69 Å². The fourth-order valence-corrected chi connectivity index (χ4v) is 5.15. The van der Waals surface area contributed by atoms with E-state index in [4.69, 9.17) is 35.1 Å². The van der Waals surface area contributed by atoms with E-state index in [1.54, 1.807) is 72.8 Å². The summed E-state index contributed by atoms with van der Waals surface area (Å²) < 4.78 is 55.9. The molecule has 0 unspecified atom stereocenters. The zero-order chi connectivity index (χ0) is 45.0. The van der Waals surface area contributed by atoms with Gasteiger partial charge in [-0.15, -0.1) is 0 Å². The van der Waals surface area contributed by atoms with E-state index in [9.17, 15) is 31.9 Å². The molecule has 0 radical (unpaired) electrons. The Morgan fingerprint density at radius 3 is 1.66 bits per heavy atom. The number of rotatable bonds is 19. The molecule has 0 aliphatic carbocycles. The average Bonchev–Trinajstić information content (AvgIpc) is 3.24. The summed E-state index contributed by atoms with van der Waals surface area (Å²) in [6.07, 6.45) is -4.73. The van der Waals surface area contributed by atoms with Crippen molar-refractivity contribution >= 4 is 64.2 Å². The highest BCUT2D eigenvalue weighted by Crippen LogP contribution is 2.25. The first-order valence-electron chi connectivity index (χ1n) is 18.3. The lowest BCUT2D eigenvalue weighted by molar-refractivity contribution is 0.0992. The van der Waals surface area contributed by atoms with Crippen LogP contribution in [0, 0.1) is 13.1 Å². The van der Waals surface area contributed by atoms with E-state index in [0.717, 1.165) is 5.56 Å². The first-order chi connectivity index (χ1) is 29.7. The predicted molar refractivity (Wildman–Crippen MR) is 223 cm³/mol. The van der Waals surface area contributed by atoms with Crippen molar-refractivity contribution in [1.29, 1.82) is 0 Å². The van der Waals surface area contributed by atoms with Gasteiger partial charge in [-0.25, -0.2) is 42.0 Å². The maximum absolute atomic E-state index is 13.1. The molecule has 62 heavy (non-hydrogen) atoms. The number of alkyl carbamates (subject to hydrolysis) is 1. The van der Waals surface area contributed by atoms with Crippen molar-refractivity contribution in [3.8, 4) is 0 Å². The quantitative estimate of drug-likeness (QED) is 0.0326. The molecule has 322 valence electrons. The van der Waals surface area contributed by atoms with Gasteiger partial charge in [0.2, 0.25) is 24.7 Å². The fraction of sp³-hybridized carbons (Fsp3) is 0.225. The SMILES string of the molecule is [C-]#[N+]c1cccc(Nc2nc(NC[C@@H](N)CC(F)F)ncc2C(N)=O)c1.[C-]#[N+]c1cccc(Nc2nc(NC[C@H](CC(F)F)NC(=O)OCc3ccccc3)ncc2C(N)=O)c1. The van der Waals surface area contributed by atoms with Crippen LogP contribution in [-0.4, -0.2) is 75.9 Å². The second-order valence-electron chi connectivity index (χ2n) is 12.9. The Bertz CT molecular complexity index is 2380. The summed E-state index contributed by atoms with van der Waals surface area (Å²) in [5.74, 6) is -1.24. The molecule has 5 aromatic rings. The molecule has 0 spiro atoms. The van der Waals surface area contributed by atoms with E-state index in [1.165, 1.54) is 12.4 Å². The summed E-state index contributed by atoms with van der Waals surface area (Å²) in [4.78, 5) is 58.4. The molecular weight excluding hydrogens is 817 g/mol. The van der Waals surface area contributed by atoms with Crippen LogP contribution >= 0.6 is 0 Å². The number of nitrogens with one attached hydrogen (secondary N) is 5. The van der Waals surface area contributed by atoms with Crippen LogP contribution in [0.2, 0.25) is 0 Å². The normalized spacial score (nSPS) is 11.4. The Morgan fingerprint density at radius 1 is 0.694 bits per heavy atom. The second kappa shape index (κ2) is 23.5. The minimum absolute atomic E-state index is 0.00236. The highest BCUT2D eigenvalue weighted by Gasteiger charge is 2.20. The predicted octanol–water partition coefficient (Wildman–Crippen LogP) is 6.50. The monoisotopic (exact) mass is 856 g/mol. The van der Waals surface area contributed by atoms with Gasteiger partial charge in [0, 0.05) is 55.7 Å². The first-order valence-corrected chi connectivity index (χ1v) is 18.3. The number of halogens is 4. The van der Waals surface area contributed by atoms with Gasteiger partial charge in [-0.1, -0.05) is 54.6 Å². The number of hydrogen-bond acceptors (Lipinski definition) is 13. The largest absolute Gasteiger partial charge is 0.445 e. The van der Waals surface area contributed by atoms with Crippen LogP contribution in [0.1, 0.15) is 39.1 Å². The summed E-state index contributed by atoms with van der Waals surface area (Å²) in [5.41, 5.74) is 18.9. The number of anilines is 6. The molecule has 0 saturated carbocycles. The molecule has 11 N–H and O–H groups in total. The molecule has 0 aliphatic rings. The molecule has 2 atom stereocenters. The zero-order valence-corrected chi connectivity index (χ0v) is 32.6. The minimum atomic E-state index is -2.68. The average molecular weight is 857 g/mol. The number of hydrogen-bond donors (Lipinski definition) is 8. The number of carbonyl (C=O) groups excluding carboxylic acids is 3. The van der Waals surface area contributed by atoms with Crippen LogP contribution < -0.4 is 43.8 Å². The number of primary amides is 2. The number of ether oxygens (including phenoxy) is 1. The number of benzene rings is 3. The molecule has 3 aromatic carbocycles. The molecule has 5 rings (SSSR count). The van der Waals surface area contributed by atoms with E-state index < -0.39 is 55.7 Å². The van der Waals surface area contributed by atoms with Gasteiger partial charge in [0.1, 0.15) is 29.4 Å². The summed E-state index contributed by atoms with van der Waals surface area (Å²) in [6.45, 7) is 14.0. The molecule has 3 amide bonds. The van der Waals surface area contributed by atoms with Crippen LogP contribution in [0.3, 0.4) is 0 Å². The number of alkyl halides is 4. The van der Waals surface area contributed by atoms with Crippen molar-refractivity contribution in [1.82, 2.24) is 25.3 Å². The molecule has 2 heterocycles. The van der Waals surface area contributed by atoms with Gasteiger partial charge in [0.25, 0.3) is 11.8 Å². The summed E-state index contributed by atoms with van der Waals surface area (Å²) in [7, 11) is 0. The van der Waals surface area contributed by atoms with E-state index in [0.29, 0.717) is 22.7 Å². The van der Waals surface area contributed by atoms with E-state index in [1.807, 2.05) is 6.07 Å². The molecule has 0 bridgehead atoms. The number of amides is 3. The molecule has 0 saturated heterocycles. The number of nitrogens with zero attached hydrogens (tertiary/aromatic N) is 6. The number of carbonyl (C=O) groups is 3. The molecule has 22 heteroatoms. The van der Waals surface area contributed by atoms with E-state index in [2.05, 4.69) is 56.2 Å². The van der Waals surface area contributed by atoms with Gasteiger partial charge >= 0.3 is 6.09 Å². The summed E-state index contributed by atoms with van der Waals surface area (Å²) >= 11 is 0. The van der Waals surface area contributed by atoms with Gasteiger partial charge in [-0.05, 0) is 29.8 Å². The van der Waals surface area contributed by atoms with Crippen molar-refractivity contribution in [2.45, 2.75) is 44.4 Å². The lowest BCUT2D eigenvalue weighted by Gasteiger charge is -2.19. The third kappa shape index (κ3) is 15.6. The lowest BCUT2D eigenvalue weighted by atomic mass is 10.2. The summed E-state index contributed by atoms with van der Waals surface area (Å²) in [6, 6.07) is 20.2. The number of nitrogens with two attached hydrogens (primary N) is 3. The van der Waals surface area contributed by atoms with Gasteiger partial charge < -0.3 is 48.5 Å². The Kier molecular flexibility index (Phi) is 17.6. The minimum Gasteiger partial charge on any atom is -0.445 e. The smallest absolute Gasteiger partial charge is 0.407 e. The highest BCUT2D eigenvalue weighted by atomic mass is 19.3. The van der Waals surface area contributed by atoms with Crippen LogP contribution in [0.15, 0.2) is 91.3 Å². The third-order valence-electron chi connectivity index (χ3n) is 8.09. The Balaban J connectivity index is 0.000000287. The molecule has 18 nitrogen and oxygen atoms in total. The zero-order valence-electron chi connectivity index (χ0n) is 32.6. The standard InChI is InChI=1S/C24H23F2N7O3.C16H17F2N7O/c1-28-16-8-5-9-17(10-16)31-22-19(21(27)34)13-30-23(33-22)29-12-18(11-20(25)26)32-24(35)36-14-15-6-3-2-4-7-15;1-21-10-3-2-4-11(6-10)24-15-12(14(20)26)8-23-16(25-15)22-7-9(19)5-13(17)18/h2-10,13,18,20H,11-12,14H2,(H2,27,34)(H,32,35)(H2,29,30,31,33);2-4,6,8-9,13H,5,7,19H2,(H2,20,26)(H2,22,23,24,25)/t18-;9-/m00/s1. The lowest BCUT2D eigenvalue weighted by Crippen LogP contribution is -2.41. The molecular formula is C40H40F4N14O4. The Labute approximate surface area is 352 Å². The van der Waals surface area contributed by atoms with Crippen molar-refractivity contribution < 1.29 is 36.7 Å². The molecule has 0 aliphatic heterocycles. The van der Waals surface area contributed by atoms with Crippen molar-refractivity contribution in [3.05, 3.63) is 131 Å². The van der Waals surface area contributed by atoms with Crippen LogP contribution in [0.4, 0.5) is 68.6 Å². The topological polar surface area (TPSA) is 259 Å². The van der Waals surface area contributed by atoms with Gasteiger partial charge in [-0.2, -0.15) is 9.97 Å².